The molecule has 150 valence electrons. The second kappa shape index (κ2) is 8.79. The molecule has 0 saturated carbocycles. The highest BCUT2D eigenvalue weighted by Crippen LogP contribution is 2.72. The first-order chi connectivity index (χ1) is 12.5. The van der Waals surface area contributed by atoms with E-state index in [2.05, 4.69) is 134 Å². The molecule has 0 atom stereocenters. The summed E-state index contributed by atoms with van der Waals surface area (Å²) < 4.78 is 2.40. The topological polar surface area (TPSA) is 6.48 Å². The van der Waals surface area contributed by atoms with E-state index in [1.54, 1.807) is 0 Å². The number of halogens is 2. The fourth-order valence-corrected chi connectivity index (χ4v) is 10.6. The van der Waals surface area contributed by atoms with Gasteiger partial charge in [-0.15, -0.1) is 0 Å². The lowest BCUT2D eigenvalue weighted by atomic mass is 10.3. The number of benzene rings is 2. The lowest BCUT2D eigenvalue weighted by molar-refractivity contribution is 0.977. The molecule has 0 aliphatic rings. The lowest BCUT2D eigenvalue weighted by Gasteiger charge is -2.50. The Labute approximate surface area is 183 Å². The van der Waals surface area contributed by atoms with E-state index in [-0.39, 0.29) is 0 Å². The minimum absolute atomic E-state index is 0.500. The molecular weight excluding hydrogens is 484 g/mol. The van der Waals surface area contributed by atoms with Gasteiger partial charge in [0, 0.05) is 58.3 Å². The Morgan fingerprint density at radius 2 is 1.00 bits per heavy atom. The second-order valence-electron chi connectivity index (χ2n) is 7.83. The Balaban J connectivity index is 2.92. The first-order valence-electron chi connectivity index (χ1n) is 9.28. The molecule has 2 nitrogen and oxygen atoms in total. The Bertz CT molecular complexity index is 733. The molecule has 0 amide bonds. The molecule has 5 heteroatoms. The standard InChI is InChI=1S/C22H32Br2N2S/c1-15(2)27(16(3)4,21-13-17(25(5)6)9-11-19(21)23)22-14-18(26(7)8)10-12-20(22)24/h9-16H,1-8H3. The van der Waals surface area contributed by atoms with Crippen LogP contribution in [0.1, 0.15) is 27.7 Å². The van der Waals surface area contributed by atoms with Gasteiger partial charge in [0.1, 0.15) is 0 Å². The van der Waals surface area contributed by atoms with Crippen LogP contribution in [0.3, 0.4) is 0 Å². The Kier molecular flexibility index (Phi) is 7.37. The third-order valence-corrected chi connectivity index (χ3v) is 12.1. The summed E-state index contributed by atoms with van der Waals surface area (Å²) in [5.41, 5.74) is 2.48. The Morgan fingerprint density at radius 1 is 0.667 bits per heavy atom. The van der Waals surface area contributed by atoms with Gasteiger partial charge in [0.25, 0.3) is 0 Å². The highest BCUT2D eigenvalue weighted by molar-refractivity contribution is 9.11. The number of rotatable bonds is 6. The van der Waals surface area contributed by atoms with E-state index in [9.17, 15) is 0 Å². The highest BCUT2D eigenvalue weighted by atomic mass is 79.9. The smallest absolute Gasteiger partial charge is 0.0372 e. The van der Waals surface area contributed by atoms with Gasteiger partial charge in [-0.25, -0.2) is 0 Å². The zero-order valence-electron chi connectivity index (χ0n) is 17.7. The molecule has 2 aromatic carbocycles. The number of anilines is 2. The van der Waals surface area contributed by atoms with Crippen LogP contribution in [0, 0.1) is 0 Å². The average molecular weight is 516 g/mol. The van der Waals surface area contributed by atoms with E-state index in [0.717, 1.165) is 0 Å². The van der Waals surface area contributed by atoms with E-state index in [1.807, 2.05) is 0 Å². The zero-order valence-corrected chi connectivity index (χ0v) is 21.7. The summed E-state index contributed by atoms with van der Waals surface area (Å²) in [5, 5.41) is 1.000. The molecule has 27 heavy (non-hydrogen) atoms. The third-order valence-electron chi connectivity index (χ3n) is 5.08. The molecule has 2 rings (SSSR count). The second-order valence-corrected chi connectivity index (χ2v) is 13.7. The number of nitrogens with zero attached hydrogens (tertiary/aromatic N) is 2. The monoisotopic (exact) mass is 514 g/mol. The fraction of sp³-hybridized carbons (Fsp3) is 0.455. The van der Waals surface area contributed by atoms with Gasteiger partial charge in [0.05, 0.1) is 0 Å². The van der Waals surface area contributed by atoms with Gasteiger partial charge in [0.2, 0.25) is 0 Å². The molecule has 0 unspecified atom stereocenters. The minimum Gasteiger partial charge on any atom is -0.378 e. The largest absolute Gasteiger partial charge is 0.378 e. The van der Waals surface area contributed by atoms with Crippen molar-refractivity contribution in [3.05, 3.63) is 45.3 Å². The normalized spacial score (nSPS) is 12.6. The molecule has 0 spiro atoms. The summed E-state index contributed by atoms with van der Waals surface area (Å²) in [5.74, 6) is 0. The van der Waals surface area contributed by atoms with Crippen LogP contribution in [0.25, 0.3) is 0 Å². The van der Waals surface area contributed by atoms with Gasteiger partial charge in [-0.3, -0.25) is 0 Å². The molecule has 0 aliphatic heterocycles. The minimum atomic E-state index is -1.31. The predicted octanol–water partition coefficient (Wildman–Crippen LogP) is 7.38. The van der Waals surface area contributed by atoms with Crippen LogP contribution < -0.4 is 9.80 Å². The van der Waals surface area contributed by atoms with E-state index >= 15 is 0 Å². The fourth-order valence-electron chi connectivity index (χ4n) is 3.74. The molecule has 0 bridgehead atoms. The van der Waals surface area contributed by atoms with Crippen LogP contribution in [-0.2, 0) is 0 Å². The first-order valence-corrected chi connectivity index (χ1v) is 12.6. The molecule has 2 aromatic rings. The van der Waals surface area contributed by atoms with Crippen molar-refractivity contribution in [2.24, 2.45) is 0 Å². The van der Waals surface area contributed by atoms with Crippen LogP contribution in [0.5, 0.6) is 0 Å². The summed E-state index contributed by atoms with van der Waals surface area (Å²) >= 11 is 7.80. The van der Waals surface area contributed by atoms with Crippen LogP contribution in [0.4, 0.5) is 11.4 Å². The molecule has 0 fully saturated rings. The summed E-state index contributed by atoms with van der Waals surface area (Å²) in [4.78, 5) is 7.23. The average Bonchev–Trinajstić information content (AvgIpc) is 2.57. The van der Waals surface area contributed by atoms with Gasteiger partial charge < -0.3 is 9.80 Å². The van der Waals surface area contributed by atoms with Gasteiger partial charge in [-0.05, 0) is 78.8 Å². The quantitative estimate of drug-likeness (QED) is 0.395. The van der Waals surface area contributed by atoms with Gasteiger partial charge in [0.15, 0.2) is 0 Å². The molecule has 0 saturated heterocycles. The Morgan fingerprint density at radius 3 is 1.26 bits per heavy atom. The van der Waals surface area contributed by atoms with Gasteiger partial charge in [-0.2, -0.15) is 10.0 Å². The van der Waals surface area contributed by atoms with Crippen molar-refractivity contribution in [2.75, 3.05) is 38.0 Å². The van der Waals surface area contributed by atoms with E-state index in [4.69, 9.17) is 0 Å². The van der Waals surface area contributed by atoms with Crippen molar-refractivity contribution in [2.45, 2.75) is 48.0 Å². The summed E-state index contributed by atoms with van der Waals surface area (Å²) in [6, 6.07) is 13.6. The summed E-state index contributed by atoms with van der Waals surface area (Å²) in [6.07, 6.45) is 0. The van der Waals surface area contributed by atoms with Crippen molar-refractivity contribution in [3.63, 3.8) is 0 Å². The van der Waals surface area contributed by atoms with Crippen molar-refractivity contribution in [3.8, 4) is 0 Å². The first kappa shape index (κ1) is 22.6. The molecule has 0 aromatic heterocycles. The molecule has 0 N–H and O–H groups in total. The molecule has 0 radical (unpaired) electrons. The maximum atomic E-state index is 3.90. The highest BCUT2D eigenvalue weighted by Gasteiger charge is 2.38. The van der Waals surface area contributed by atoms with Crippen molar-refractivity contribution >= 4 is 53.3 Å². The van der Waals surface area contributed by atoms with Crippen molar-refractivity contribution in [1.29, 1.82) is 0 Å². The maximum absolute atomic E-state index is 3.90. The number of hydrogen-bond donors (Lipinski definition) is 0. The summed E-state index contributed by atoms with van der Waals surface area (Å²) in [7, 11) is 7.13. The van der Waals surface area contributed by atoms with Crippen molar-refractivity contribution in [1.82, 2.24) is 0 Å². The van der Waals surface area contributed by atoms with Gasteiger partial charge >= 0.3 is 0 Å². The third kappa shape index (κ3) is 4.20. The zero-order chi connectivity index (χ0) is 20.5. The summed E-state index contributed by atoms with van der Waals surface area (Å²) in [6.45, 7) is 9.50. The van der Waals surface area contributed by atoms with E-state index in [1.165, 1.54) is 30.1 Å². The molecule has 0 heterocycles. The van der Waals surface area contributed by atoms with E-state index in [0.29, 0.717) is 10.5 Å². The van der Waals surface area contributed by atoms with Crippen molar-refractivity contribution < 1.29 is 0 Å². The lowest BCUT2D eigenvalue weighted by Crippen LogP contribution is -2.24. The molecular formula is C22H32Br2N2S. The van der Waals surface area contributed by atoms with Crippen LogP contribution >= 0.6 is 41.9 Å². The number of hydrogen-bond acceptors (Lipinski definition) is 2. The Hall–Kier alpha value is -0.650. The van der Waals surface area contributed by atoms with Crippen LogP contribution in [-0.4, -0.2) is 38.7 Å². The van der Waals surface area contributed by atoms with Crippen LogP contribution in [0.2, 0.25) is 0 Å². The van der Waals surface area contributed by atoms with Gasteiger partial charge in [-0.1, -0.05) is 27.7 Å². The molecule has 0 aliphatic carbocycles. The predicted molar refractivity (Wildman–Crippen MR) is 131 cm³/mol. The SMILES string of the molecule is CC(C)S(c1cc(N(C)C)ccc1Br)(c1cc(N(C)C)ccc1Br)C(C)C. The van der Waals surface area contributed by atoms with Crippen LogP contribution in [0.15, 0.2) is 55.1 Å². The van der Waals surface area contributed by atoms with E-state index < -0.39 is 10.0 Å². The maximum Gasteiger partial charge on any atom is 0.0372 e.